The Hall–Kier alpha value is -0.430. The van der Waals surface area contributed by atoms with Crippen molar-refractivity contribution in [3.05, 3.63) is 23.2 Å². The van der Waals surface area contributed by atoms with Gasteiger partial charge in [0.1, 0.15) is 5.76 Å². The summed E-state index contributed by atoms with van der Waals surface area (Å²) in [6.07, 6.45) is 3.74. The van der Waals surface area contributed by atoms with Crippen LogP contribution in [0.15, 0.2) is 10.7 Å². The Balaban J connectivity index is 2.99. The van der Waals surface area contributed by atoms with Crippen LogP contribution in [0.5, 0.6) is 0 Å². The molecule has 0 bridgehead atoms. The minimum Gasteiger partial charge on any atom is -0.469 e. The van der Waals surface area contributed by atoms with E-state index >= 15 is 0 Å². The van der Waals surface area contributed by atoms with Gasteiger partial charge in [0, 0.05) is 12.0 Å². The van der Waals surface area contributed by atoms with Crippen LogP contribution in [0.4, 0.5) is 0 Å². The number of hydrogen-bond acceptors (Lipinski definition) is 1. The Bertz CT molecular complexity index is 206. The first-order chi connectivity index (χ1) is 5.33. The summed E-state index contributed by atoms with van der Waals surface area (Å²) in [5, 5.41) is 0. The third kappa shape index (κ3) is 1.59. The van der Waals surface area contributed by atoms with Gasteiger partial charge in [-0.1, -0.05) is 13.8 Å². The fourth-order valence-corrected chi connectivity index (χ4v) is 1.52. The predicted octanol–water partition coefficient (Wildman–Crippen LogP) is 3.14. The molecule has 0 aliphatic heterocycles. The van der Waals surface area contributed by atoms with Gasteiger partial charge in [0.15, 0.2) is 0 Å². The van der Waals surface area contributed by atoms with Gasteiger partial charge in [-0.15, -0.1) is 11.6 Å². The van der Waals surface area contributed by atoms with E-state index in [9.17, 15) is 0 Å². The van der Waals surface area contributed by atoms with E-state index in [0.29, 0.717) is 5.88 Å². The number of hydrogen-bond donors (Lipinski definition) is 0. The maximum Gasteiger partial charge on any atom is 0.106 e. The number of aryl methyl sites for hydroxylation is 1. The van der Waals surface area contributed by atoms with E-state index in [1.807, 2.05) is 0 Å². The molecule has 0 saturated carbocycles. The van der Waals surface area contributed by atoms with Crippen LogP contribution >= 0.6 is 11.6 Å². The van der Waals surface area contributed by atoms with Crippen molar-refractivity contribution >= 4 is 11.6 Å². The van der Waals surface area contributed by atoms with Crippen molar-refractivity contribution in [2.45, 2.75) is 32.6 Å². The van der Waals surface area contributed by atoms with Crippen LogP contribution in [0.1, 0.15) is 30.7 Å². The van der Waals surface area contributed by atoms with Crippen molar-refractivity contribution in [2.75, 3.05) is 0 Å². The lowest BCUT2D eigenvalue weighted by molar-refractivity contribution is 0.511. The van der Waals surface area contributed by atoms with Crippen molar-refractivity contribution in [1.29, 1.82) is 0 Å². The van der Waals surface area contributed by atoms with Crippen molar-refractivity contribution in [3.63, 3.8) is 0 Å². The number of alkyl halides is 1. The van der Waals surface area contributed by atoms with Gasteiger partial charge in [-0.3, -0.25) is 0 Å². The normalized spacial score (nSPS) is 10.5. The third-order valence-corrected chi connectivity index (χ3v) is 2.17. The second-order valence-corrected chi connectivity index (χ2v) is 2.77. The average molecular weight is 173 g/mol. The van der Waals surface area contributed by atoms with Gasteiger partial charge in [0.05, 0.1) is 12.1 Å². The minimum absolute atomic E-state index is 0.562. The van der Waals surface area contributed by atoms with Crippen LogP contribution in [0.3, 0.4) is 0 Å². The maximum atomic E-state index is 5.72. The highest BCUT2D eigenvalue weighted by atomic mass is 35.5. The molecule has 0 amide bonds. The highest BCUT2D eigenvalue weighted by Crippen LogP contribution is 2.19. The molecule has 0 aliphatic rings. The van der Waals surface area contributed by atoms with E-state index in [1.165, 1.54) is 5.56 Å². The molecule has 0 aromatic carbocycles. The summed E-state index contributed by atoms with van der Waals surface area (Å²) in [6, 6.07) is 0. The Morgan fingerprint density at radius 3 is 2.55 bits per heavy atom. The first-order valence-electron chi connectivity index (χ1n) is 3.97. The first-order valence-corrected chi connectivity index (χ1v) is 4.51. The molecule has 1 aromatic heterocycles. The highest BCUT2D eigenvalue weighted by molar-refractivity contribution is 6.17. The van der Waals surface area contributed by atoms with E-state index in [1.54, 1.807) is 6.26 Å². The molecule has 62 valence electrons. The van der Waals surface area contributed by atoms with Crippen LogP contribution in [0.25, 0.3) is 0 Å². The standard InChI is InChI=1S/C9H13ClO/c1-3-8-7(5-10)6-11-9(8)4-2/h6H,3-5H2,1-2H3. The summed E-state index contributed by atoms with van der Waals surface area (Å²) in [5.74, 6) is 1.65. The molecule has 0 spiro atoms. The molecule has 1 heterocycles. The van der Waals surface area contributed by atoms with Gasteiger partial charge in [-0.25, -0.2) is 0 Å². The molecule has 1 aromatic rings. The molecule has 1 rings (SSSR count). The largest absolute Gasteiger partial charge is 0.469 e. The summed E-state index contributed by atoms with van der Waals surface area (Å²) in [4.78, 5) is 0. The maximum absolute atomic E-state index is 5.72. The second kappa shape index (κ2) is 3.82. The lowest BCUT2D eigenvalue weighted by atomic mass is 10.1. The molecule has 0 saturated heterocycles. The molecule has 0 radical (unpaired) electrons. The van der Waals surface area contributed by atoms with Gasteiger partial charge < -0.3 is 4.42 Å². The van der Waals surface area contributed by atoms with Crippen LogP contribution in [0, 0.1) is 0 Å². The molecule has 0 N–H and O–H groups in total. The molecule has 0 fully saturated rings. The van der Waals surface area contributed by atoms with Crippen molar-refractivity contribution in [2.24, 2.45) is 0 Å². The van der Waals surface area contributed by atoms with Crippen molar-refractivity contribution in [3.8, 4) is 0 Å². The van der Waals surface area contributed by atoms with Crippen LogP contribution in [-0.2, 0) is 18.7 Å². The SMILES string of the molecule is CCc1occ(CCl)c1CC. The van der Waals surface area contributed by atoms with E-state index in [2.05, 4.69) is 13.8 Å². The second-order valence-electron chi connectivity index (χ2n) is 2.50. The summed E-state index contributed by atoms with van der Waals surface area (Å²) in [7, 11) is 0. The lowest BCUT2D eigenvalue weighted by Crippen LogP contribution is -1.88. The third-order valence-electron chi connectivity index (χ3n) is 1.89. The van der Waals surface area contributed by atoms with Crippen LogP contribution in [-0.4, -0.2) is 0 Å². The quantitative estimate of drug-likeness (QED) is 0.639. The average Bonchev–Trinajstić information content (AvgIpc) is 2.45. The number of halogens is 1. The lowest BCUT2D eigenvalue weighted by Gasteiger charge is -1.96. The molecular weight excluding hydrogens is 160 g/mol. The van der Waals surface area contributed by atoms with E-state index in [0.717, 1.165) is 24.2 Å². The Morgan fingerprint density at radius 2 is 2.09 bits per heavy atom. The van der Waals surface area contributed by atoms with Crippen LogP contribution < -0.4 is 0 Å². The van der Waals surface area contributed by atoms with Gasteiger partial charge >= 0.3 is 0 Å². The molecule has 0 aliphatic carbocycles. The highest BCUT2D eigenvalue weighted by Gasteiger charge is 2.08. The summed E-state index contributed by atoms with van der Waals surface area (Å²) >= 11 is 5.72. The van der Waals surface area contributed by atoms with Gasteiger partial charge in [-0.05, 0) is 12.0 Å². The summed E-state index contributed by atoms with van der Waals surface area (Å²) < 4.78 is 5.34. The topological polar surface area (TPSA) is 13.1 Å². The fraction of sp³-hybridized carbons (Fsp3) is 0.556. The molecule has 0 unspecified atom stereocenters. The number of rotatable bonds is 3. The van der Waals surface area contributed by atoms with E-state index in [4.69, 9.17) is 16.0 Å². The Morgan fingerprint density at radius 1 is 1.36 bits per heavy atom. The van der Waals surface area contributed by atoms with E-state index < -0.39 is 0 Å². The van der Waals surface area contributed by atoms with E-state index in [-0.39, 0.29) is 0 Å². The zero-order valence-electron chi connectivity index (χ0n) is 6.98. The van der Waals surface area contributed by atoms with Crippen molar-refractivity contribution < 1.29 is 4.42 Å². The first kappa shape index (κ1) is 8.66. The zero-order valence-corrected chi connectivity index (χ0v) is 7.74. The predicted molar refractivity (Wildman–Crippen MR) is 47.0 cm³/mol. The Labute approximate surface area is 72.4 Å². The molecule has 1 nitrogen and oxygen atoms in total. The Kier molecular flexibility index (Phi) is 3.01. The molecular formula is C9H13ClO. The minimum atomic E-state index is 0.562. The summed E-state index contributed by atoms with van der Waals surface area (Å²) in [5.41, 5.74) is 2.44. The van der Waals surface area contributed by atoms with Crippen molar-refractivity contribution in [1.82, 2.24) is 0 Å². The molecule has 11 heavy (non-hydrogen) atoms. The zero-order chi connectivity index (χ0) is 8.27. The molecule has 0 atom stereocenters. The van der Waals surface area contributed by atoms with Gasteiger partial charge in [0.2, 0.25) is 0 Å². The van der Waals surface area contributed by atoms with Gasteiger partial charge in [-0.2, -0.15) is 0 Å². The van der Waals surface area contributed by atoms with Crippen LogP contribution in [0.2, 0.25) is 0 Å². The monoisotopic (exact) mass is 172 g/mol. The number of furan rings is 1. The fourth-order valence-electron chi connectivity index (χ4n) is 1.30. The smallest absolute Gasteiger partial charge is 0.106 e. The molecule has 2 heteroatoms. The summed E-state index contributed by atoms with van der Waals surface area (Å²) in [6.45, 7) is 4.22. The van der Waals surface area contributed by atoms with Gasteiger partial charge in [0.25, 0.3) is 0 Å².